The summed E-state index contributed by atoms with van der Waals surface area (Å²) in [6, 6.07) is 18.5. The van der Waals surface area contributed by atoms with Crippen molar-refractivity contribution in [2.24, 2.45) is 5.92 Å². The zero-order valence-corrected chi connectivity index (χ0v) is 23.0. The van der Waals surface area contributed by atoms with Crippen LogP contribution in [0.15, 0.2) is 78.0 Å². The first-order valence-corrected chi connectivity index (χ1v) is 14.5. The standard InChI is InChI=1S/C29H30FN5O4S/c1-19(2)18-39-23-16-21(15-22(30)17-23)25-11-10-24(29(36)34-40(37,38)27-12-13-31-33-27)28(32-25)35-14-6-9-26(35)20-7-4-3-5-8-20/h3-5,7-8,10-13,15-17,19,26H,6,9,14,18H2,1-2H3,(H,31,33)(H,34,36)/t26-/m0/s1. The molecule has 1 amide bonds. The van der Waals surface area contributed by atoms with E-state index in [0.29, 0.717) is 36.0 Å². The lowest BCUT2D eigenvalue weighted by atomic mass is 10.0. The third-order valence-corrected chi connectivity index (χ3v) is 7.83. The highest BCUT2D eigenvalue weighted by Gasteiger charge is 2.32. The molecular weight excluding hydrogens is 533 g/mol. The Bertz CT molecular complexity index is 1590. The van der Waals surface area contributed by atoms with Gasteiger partial charge in [0.2, 0.25) is 0 Å². The maximum absolute atomic E-state index is 14.6. The minimum absolute atomic E-state index is 0.0721. The Balaban J connectivity index is 1.57. The first kappa shape index (κ1) is 27.3. The second-order valence-electron chi connectivity index (χ2n) is 10.1. The van der Waals surface area contributed by atoms with Crippen molar-refractivity contribution in [3.8, 4) is 17.0 Å². The second-order valence-corrected chi connectivity index (χ2v) is 11.7. The summed E-state index contributed by atoms with van der Waals surface area (Å²) in [5, 5.41) is 5.79. The van der Waals surface area contributed by atoms with E-state index in [-0.39, 0.29) is 22.5 Å². The summed E-state index contributed by atoms with van der Waals surface area (Å²) in [6.07, 6.45) is 2.97. The molecule has 0 spiro atoms. The summed E-state index contributed by atoms with van der Waals surface area (Å²) < 4.78 is 48.0. The highest BCUT2D eigenvalue weighted by atomic mass is 32.2. The van der Waals surface area contributed by atoms with Gasteiger partial charge in [-0.3, -0.25) is 9.89 Å². The molecule has 0 radical (unpaired) electrons. The van der Waals surface area contributed by atoms with Crippen LogP contribution in [-0.4, -0.2) is 42.7 Å². The van der Waals surface area contributed by atoms with Gasteiger partial charge in [-0.25, -0.2) is 14.1 Å². The number of sulfonamides is 1. The lowest BCUT2D eigenvalue weighted by Gasteiger charge is -2.28. The smallest absolute Gasteiger partial charge is 0.281 e. The summed E-state index contributed by atoms with van der Waals surface area (Å²) >= 11 is 0. The molecule has 2 aromatic carbocycles. The van der Waals surface area contributed by atoms with Crippen molar-refractivity contribution in [3.63, 3.8) is 0 Å². The van der Waals surface area contributed by atoms with Crippen LogP contribution in [-0.2, 0) is 10.0 Å². The number of nitrogens with one attached hydrogen (secondary N) is 2. The number of hydrogen-bond acceptors (Lipinski definition) is 7. The number of carbonyl (C=O) groups is 1. The number of anilines is 1. The first-order chi connectivity index (χ1) is 19.2. The molecule has 2 N–H and O–H groups in total. The quantitative estimate of drug-likeness (QED) is 0.291. The number of H-pyrrole nitrogens is 1. The molecule has 1 saturated heterocycles. The highest BCUT2D eigenvalue weighted by molar-refractivity contribution is 7.90. The summed E-state index contributed by atoms with van der Waals surface area (Å²) in [7, 11) is -4.19. The van der Waals surface area contributed by atoms with Gasteiger partial charge in [-0.2, -0.15) is 13.5 Å². The Labute approximate surface area is 232 Å². The molecule has 0 saturated carbocycles. The number of pyridine rings is 1. The van der Waals surface area contributed by atoms with E-state index < -0.39 is 21.7 Å². The number of hydrogen-bond donors (Lipinski definition) is 2. The molecule has 9 nitrogen and oxygen atoms in total. The van der Waals surface area contributed by atoms with Crippen molar-refractivity contribution >= 4 is 21.7 Å². The molecule has 40 heavy (non-hydrogen) atoms. The van der Waals surface area contributed by atoms with Gasteiger partial charge in [0.05, 0.1) is 30.1 Å². The van der Waals surface area contributed by atoms with Crippen molar-refractivity contribution < 1.29 is 22.3 Å². The molecule has 3 heterocycles. The van der Waals surface area contributed by atoms with Gasteiger partial charge in [0.25, 0.3) is 15.9 Å². The van der Waals surface area contributed by atoms with Crippen LogP contribution in [0.5, 0.6) is 5.75 Å². The van der Waals surface area contributed by atoms with Gasteiger partial charge in [-0.1, -0.05) is 44.2 Å². The first-order valence-electron chi connectivity index (χ1n) is 13.0. The fourth-order valence-electron chi connectivity index (χ4n) is 4.73. The lowest BCUT2D eigenvalue weighted by Crippen LogP contribution is -2.33. The third kappa shape index (κ3) is 5.99. The van der Waals surface area contributed by atoms with Crippen LogP contribution < -0.4 is 14.4 Å². The molecule has 0 bridgehead atoms. The Morgan fingerprint density at radius 1 is 1.15 bits per heavy atom. The molecule has 1 aliphatic rings. The summed E-state index contributed by atoms with van der Waals surface area (Å²) in [6.45, 7) is 5.04. The number of carbonyl (C=O) groups excluding carboxylic acids is 1. The Morgan fingerprint density at radius 3 is 2.67 bits per heavy atom. The average Bonchev–Trinajstić information content (AvgIpc) is 3.65. The number of benzene rings is 2. The third-order valence-electron chi connectivity index (χ3n) is 6.57. The van der Waals surface area contributed by atoms with Gasteiger partial charge in [-0.15, -0.1) is 0 Å². The average molecular weight is 564 g/mol. The Morgan fingerprint density at radius 2 is 1.95 bits per heavy atom. The van der Waals surface area contributed by atoms with Crippen molar-refractivity contribution in [3.05, 3.63) is 89.9 Å². The molecule has 1 aliphatic heterocycles. The molecule has 2 aromatic heterocycles. The molecule has 0 unspecified atom stereocenters. The van der Waals surface area contributed by atoms with Crippen LogP contribution in [0.1, 0.15) is 48.7 Å². The Kier molecular flexibility index (Phi) is 7.83. The van der Waals surface area contributed by atoms with Crippen LogP contribution in [0, 0.1) is 11.7 Å². The molecular formula is C29H30FN5O4S. The molecule has 0 aliphatic carbocycles. The maximum atomic E-state index is 14.6. The van der Waals surface area contributed by atoms with E-state index in [1.54, 1.807) is 12.1 Å². The number of ether oxygens (including phenoxy) is 1. The van der Waals surface area contributed by atoms with E-state index >= 15 is 0 Å². The second kappa shape index (κ2) is 11.5. The van der Waals surface area contributed by atoms with E-state index in [2.05, 4.69) is 14.9 Å². The lowest BCUT2D eigenvalue weighted by molar-refractivity contribution is 0.0981. The van der Waals surface area contributed by atoms with Gasteiger partial charge in [0, 0.05) is 18.2 Å². The number of halogens is 1. The van der Waals surface area contributed by atoms with E-state index in [1.165, 1.54) is 30.5 Å². The molecule has 11 heteroatoms. The van der Waals surface area contributed by atoms with Crippen LogP contribution in [0.2, 0.25) is 0 Å². The van der Waals surface area contributed by atoms with Crippen molar-refractivity contribution in [2.75, 3.05) is 18.1 Å². The zero-order valence-electron chi connectivity index (χ0n) is 22.2. The van der Waals surface area contributed by atoms with E-state index in [9.17, 15) is 17.6 Å². The van der Waals surface area contributed by atoms with Gasteiger partial charge < -0.3 is 9.64 Å². The monoisotopic (exact) mass is 563 g/mol. The van der Waals surface area contributed by atoms with Gasteiger partial charge >= 0.3 is 0 Å². The zero-order chi connectivity index (χ0) is 28.3. The topological polar surface area (TPSA) is 117 Å². The molecule has 1 atom stereocenters. The number of aromatic amines is 1. The number of nitrogens with zero attached hydrogens (tertiary/aromatic N) is 3. The van der Waals surface area contributed by atoms with Gasteiger partial charge in [0.15, 0.2) is 5.03 Å². The Hall–Kier alpha value is -4.25. The minimum atomic E-state index is -4.19. The predicted octanol–water partition coefficient (Wildman–Crippen LogP) is 5.11. The van der Waals surface area contributed by atoms with Crippen molar-refractivity contribution in [1.29, 1.82) is 0 Å². The molecule has 5 rings (SSSR count). The van der Waals surface area contributed by atoms with Gasteiger partial charge in [-0.05, 0) is 54.7 Å². The van der Waals surface area contributed by atoms with E-state index in [1.807, 2.05) is 49.1 Å². The van der Waals surface area contributed by atoms with Crippen LogP contribution >= 0.6 is 0 Å². The largest absolute Gasteiger partial charge is 0.493 e. The van der Waals surface area contributed by atoms with E-state index in [0.717, 1.165) is 18.4 Å². The van der Waals surface area contributed by atoms with Crippen molar-refractivity contribution in [2.45, 2.75) is 37.8 Å². The number of rotatable bonds is 9. The molecule has 1 fully saturated rings. The fraction of sp³-hybridized carbons (Fsp3) is 0.276. The number of aromatic nitrogens is 3. The highest BCUT2D eigenvalue weighted by Crippen LogP contribution is 2.38. The van der Waals surface area contributed by atoms with Crippen LogP contribution in [0.3, 0.4) is 0 Å². The number of amides is 1. The fourth-order valence-corrected chi connectivity index (χ4v) is 5.61. The van der Waals surface area contributed by atoms with Gasteiger partial charge in [0.1, 0.15) is 17.4 Å². The summed E-state index contributed by atoms with van der Waals surface area (Å²) in [4.78, 5) is 20.2. The molecule has 208 valence electrons. The normalized spacial score (nSPS) is 15.4. The van der Waals surface area contributed by atoms with Crippen LogP contribution in [0.4, 0.5) is 10.2 Å². The molecule has 4 aromatic rings. The van der Waals surface area contributed by atoms with E-state index in [4.69, 9.17) is 9.72 Å². The predicted molar refractivity (Wildman–Crippen MR) is 149 cm³/mol. The minimum Gasteiger partial charge on any atom is -0.493 e. The SMILES string of the molecule is CC(C)COc1cc(F)cc(-c2ccc(C(=O)NS(=O)(=O)c3ccn[nH]3)c(N3CCC[C@H]3c3ccccc3)n2)c1. The van der Waals surface area contributed by atoms with Crippen molar-refractivity contribution in [1.82, 2.24) is 19.9 Å². The maximum Gasteiger partial charge on any atom is 0.281 e. The summed E-state index contributed by atoms with van der Waals surface area (Å²) in [5.41, 5.74) is 2.05. The van der Waals surface area contributed by atoms with Crippen LogP contribution in [0.25, 0.3) is 11.3 Å². The summed E-state index contributed by atoms with van der Waals surface area (Å²) in [5.74, 6) is -0.353.